The summed E-state index contributed by atoms with van der Waals surface area (Å²) in [5.74, 6) is -0.220. The third kappa shape index (κ3) is 2.97. The maximum atomic E-state index is 12.1. The minimum atomic E-state index is -0.220. The van der Waals surface area contributed by atoms with Crippen molar-refractivity contribution in [1.29, 1.82) is 0 Å². The minimum absolute atomic E-state index is 0. The fourth-order valence-corrected chi connectivity index (χ4v) is 0.590. The first-order valence-corrected chi connectivity index (χ1v) is 2.68. The zero-order chi connectivity index (χ0) is 5.98. The van der Waals surface area contributed by atoms with Gasteiger partial charge in [0.1, 0.15) is 5.82 Å². The Morgan fingerprint density at radius 3 is 1.89 bits per heavy atom. The Morgan fingerprint density at radius 1 is 1.11 bits per heavy atom. The van der Waals surface area contributed by atoms with Gasteiger partial charge in [0.15, 0.2) is 0 Å². The molecule has 0 amide bonds. The predicted molar refractivity (Wildman–Crippen MR) is 33.7 cm³/mol. The number of halogens is 1. The number of rotatable bonds is 0. The van der Waals surface area contributed by atoms with Crippen LogP contribution in [0.2, 0.25) is 0 Å². The first-order valence-electron chi connectivity index (χ1n) is 2.23. The molecule has 44 valence electrons. The third-order valence-corrected chi connectivity index (χ3v) is 1.12. The summed E-state index contributed by atoms with van der Waals surface area (Å²) in [7, 11) is 0. The van der Waals surface area contributed by atoms with Gasteiger partial charge in [0.25, 0.3) is 0 Å². The van der Waals surface area contributed by atoms with Crippen LogP contribution in [0.1, 0.15) is 0 Å². The van der Waals surface area contributed by atoms with Gasteiger partial charge in [-0.15, -0.1) is 12.6 Å². The quantitative estimate of drug-likeness (QED) is 0.474. The molecule has 0 atom stereocenters. The summed E-state index contributed by atoms with van der Waals surface area (Å²) in [5.41, 5.74) is 0. The second-order valence-corrected chi connectivity index (χ2v) is 1.99. The monoisotopic (exact) mass is 192 g/mol. The molecule has 1 aromatic carbocycles. The van der Waals surface area contributed by atoms with Crippen molar-refractivity contribution in [2.24, 2.45) is 0 Å². The van der Waals surface area contributed by atoms with Crippen molar-refractivity contribution in [2.45, 2.75) is 4.90 Å². The van der Waals surface area contributed by atoms with Crippen LogP contribution in [-0.4, -0.2) is 0 Å². The minimum Gasteiger partial charge on any atom is -0.207 e. The summed E-state index contributed by atoms with van der Waals surface area (Å²) in [5, 5.41) is 0. The van der Waals surface area contributed by atoms with E-state index in [1.54, 1.807) is 12.1 Å². The van der Waals surface area contributed by atoms with Crippen molar-refractivity contribution in [3.63, 3.8) is 0 Å². The maximum Gasteiger partial charge on any atom is 0.123 e. The van der Waals surface area contributed by atoms with Crippen LogP contribution in [0.3, 0.4) is 0 Å². The van der Waals surface area contributed by atoms with Crippen LogP contribution in [0.5, 0.6) is 0 Å². The van der Waals surface area contributed by atoms with Gasteiger partial charge in [0, 0.05) is 24.4 Å². The molecule has 0 aliphatic rings. The largest absolute Gasteiger partial charge is 0.207 e. The molecule has 3 heteroatoms. The molecule has 0 heterocycles. The summed E-state index contributed by atoms with van der Waals surface area (Å²) < 4.78 is 12.1. The SMILES string of the molecule is Fc1ccc(S)cc1.[Zn]. The number of hydrogen-bond donors (Lipinski definition) is 1. The Labute approximate surface area is 71.6 Å². The van der Waals surface area contributed by atoms with E-state index in [9.17, 15) is 4.39 Å². The van der Waals surface area contributed by atoms with Gasteiger partial charge in [-0.2, -0.15) is 0 Å². The first-order chi connectivity index (χ1) is 3.79. The maximum absolute atomic E-state index is 12.1. The average Bonchev–Trinajstić information content (AvgIpc) is 1.77. The Kier molecular flexibility index (Phi) is 4.08. The van der Waals surface area contributed by atoms with E-state index in [0.717, 1.165) is 4.90 Å². The van der Waals surface area contributed by atoms with E-state index < -0.39 is 0 Å². The molecular weight excluding hydrogens is 189 g/mol. The number of benzene rings is 1. The van der Waals surface area contributed by atoms with E-state index in [1.165, 1.54) is 12.1 Å². The van der Waals surface area contributed by atoms with Gasteiger partial charge in [-0.25, -0.2) is 4.39 Å². The van der Waals surface area contributed by atoms with E-state index in [1.807, 2.05) is 0 Å². The Hall–Kier alpha value is 0.123. The van der Waals surface area contributed by atoms with E-state index in [0.29, 0.717) is 0 Å². The van der Waals surface area contributed by atoms with Gasteiger partial charge in [-0.05, 0) is 24.3 Å². The molecule has 0 saturated carbocycles. The van der Waals surface area contributed by atoms with Crippen molar-refractivity contribution in [3.8, 4) is 0 Å². The first kappa shape index (κ1) is 9.12. The summed E-state index contributed by atoms with van der Waals surface area (Å²) in [6.45, 7) is 0. The molecule has 1 rings (SSSR count). The predicted octanol–water partition coefficient (Wildman–Crippen LogP) is 2.11. The van der Waals surface area contributed by atoms with Crippen LogP contribution in [0, 0.1) is 5.82 Å². The van der Waals surface area contributed by atoms with Crippen LogP contribution in [0.15, 0.2) is 29.2 Å². The molecule has 0 aliphatic carbocycles. The average molecular weight is 194 g/mol. The molecule has 0 aliphatic heterocycles. The van der Waals surface area contributed by atoms with Crippen molar-refractivity contribution >= 4 is 12.6 Å². The Balaban J connectivity index is 0.000000640. The van der Waals surface area contributed by atoms with Gasteiger partial charge < -0.3 is 0 Å². The van der Waals surface area contributed by atoms with E-state index in [2.05, 4.69) is 12.6 Å². The van der Waals surface area contributed by atoms with Gasteiger partial charge in [-0.3, -0.25) is 0 Å². The van der Waals surface area contributed by atoms with Crippen LogP contribution < -0.4 is 0 Å². The van der Waals surface area contributed by atoms with Gasteiger partial charge in [0.2, 0.25) is 0 Å². The van der Waals surface area contributed by atoms with Crippen molar-refractivity contribution in [3.05, 3.63) is 30.1 Å². The summed E-state index contributed by atoms with van der Waals surface area (Å²) in [6.07, 6.45) is 0. The zero-order valence-electron chi connectivity index (χ0n) is 4.84. The molecule has 0 saturated heterocycles. The Morgan fingerprint density at radius 2 is 1.56 bits per heavy atom. The molecule has 9 heavy (non-hydrogen) atoms. The fourth-order valence-electron chi connectivity index (χ4n) is 0.441. The number of hydrogen-bond acceptors (Lipinski definition) is 1. The van der Waals surface area contributed by atoms with E-state index in [4.69, 9.17) is 0 Å². The van der Waals surface area contributed by atoms with E-state index in [-0.39, 0.29) is 25.3 Å². The Bertz CT molecular complexity index is 152. The standard InChI is InChI=1S/C6H5FS.Zn/c7-5-1-3-6(8)4-2-5;/h1-4,8H;. The molecule has 0 N–H and O–H groups in total. The second kappa shape index (κ2) is 4.02. The summed E-state index contributed by atoms with van der Waals surface area (Å²) in [6, 6.07) is 5.97. The van der Waals surface area contributed by atoms with Gasteiger partial charge >= 0.3 is 0 Å². The van der Waals surface area contributed by atoms with Gasteiger partial charge in [0.05, 0.1) is 0 Å². The van der Waals surface area contributed by atoms with Crippen LogP contribution in [-0.2, 0) is 19.5 Å². The van der Waals surface area contributed by atoms with Crippen LogP contribution in [0.4, 0.5) is 4.39 Å². The van der Waals surface area contributed by atoms with Crippen molar-refractivity contribution < 1.29 is 23.9 Å². The molecule has 0 unspecified atom stereocenters. The fraction of sp³-hybridized carbons (Fsp3) is 0. The topological polar surface area (TPSA) is 0 Å². The van der Waals surface area contributed by atoms with Crippen molar-refractivity contribution in [2.75, 3.05) is 0 Å². The van der Waals surface area contributed by atoms with Crippen LogP contribution in [0.25, 0.3) is 0 Å². The van der Waals surface area contributed by atoms with Crippen LogP contribution >= 0.6 is 12.6 Å². The smallest absolute Gasteiger partial charge is 0.123 e. The molecule has 0 aromatic heterocycles. The summed E-state index contributed by atoms with van der Waals surface area (Å²) >= 11 is 3.97. The molecule has 0 bridgehead atoms. The summed E-state index contributed by atoms with van der Waals surface area (Å²) in [4.78, 5) is 0.784. The normalized spacial score (nSPS) is 8.22. The zero-order valence-corrected chi connectivity index (χ0v) is 8.70. The number of thiol groups is 1. The molecule has 0 radical (unpaired) electrons. The third-order valence-electron chi connectivity index (χ3n) is 0.827. The molecule has 0 spiro atoms. The molecule has 0 nitrogen and oxygen atoms in total. The molecule has 0 fully saturated rings. The van der Waals surface area contributed by atoms with E-state index >= 15 is 0 Å². The molecular formula is C6H5FSZn. The second-order valence-electron chi connectivity index (χ2n) is 1.48. The molecule has 1 aromatic rings. The van der Waals surface area contributed by atoms with Gasteiger partial charge in [-0.1, -0.05) is 0 Å². The van der Waals surface area contributed by atoms with Crippen molar-refractivity contribution in [1.82, 2.24) is 0 Å².